The Balaban J connectivity index is 0.000000311. The molecule has 0 saturated heterocycles. The minimum Gasteiger partial charge on any atom is -0.508 e. The van der Waals surface area contributed by atoms with Crippen LogP contribution in [0, 0.1) is 17.3 Å². The van der Waals surface area contributed by atoms with E-state index < -0.39 is 23.6 Å². The molecule has 7 rings (SSSR count). The Morgan fingerprint density at radius 1 is 0.691 bits per heavy atom. The van der Waals surface area contributed by atoms with E-state index in [1.807, 2.05) is 103 Å². The van der Waals surface area contributed by atoms with Crippen molar-refractivity contribution >= 4 is 12.1 Å². The van der Waals surface area contributed by atoms with Crippen molar-refractivity contribution in [2.45, 2.75) is 179 Å². The van der Waals surface area contributed by atoms with Gasteiger partial charge >= 0.3 is 12.1 Å². The summed E-state index contributed by atoms with van der Waals surface area (Å²) in [7, 11) is 1.35. The van der Waals surface area contributed by atoms with Gasteiger partial charge in [0, 0.05) is 6.54 Å². The summed E-state index contributed by atoms with van der Waals surface area (Å²) in [4.78, 5) is 25.8. The number of aliphatic hydroxyl groups excluding tert-OH is 1. The van der Waals surface area contributed by atoms with E-state index in [9.17, 15) is 19.8 Å². The van der Waals surface area contributed by atoms with Gasteiger partial charge in [0.05, 0.1) is 18.8 Å². The number of unbranched alkanes of at least 4 members (excludes halogenated alkanes) is 15. The van der Waals surface area contributed by atoms with Gasteiger partial charge in [0.15, 0.2) is 0 Å². The summed E-state index contributed by atoms with van der Waals surface area (Å²) in [6, 6.07) is 35.0. The number of hydrogen-bond acceptors (Lipinski definition) is 7. The normalized spacial score (nSPS) is 21.0. The monoisotopic (exact) mass is 929 g/mol. The van der Waals surface area contributed by atoms with Crippen molar-refractivity contribution in [3.63, 3.8) is 0 Å². The number of esters is 1. The fourth-order valence-electron chi connectivity index (χ4n) is 12.0. The number of aromatic hydroxyl groups is 1. The molecular formula is C60H84N2O6. The Labute approximate surface area is 409 Å². The van der Waals surface area contributed by atoms with Crippen LogP contribution < -0.4 is 10.6 Å². The fraction of sp³-hybridized carbons (Fsp3) is 0.567. The van der Waals surface area contributed by atoms with Crippen molar-refractivity contribution in [3.8, 4) is 5.75 Å². The number of amides is 1. The number of carbonyl (C=O) groups is 2. The number of ether oxygens (including phenoxy) is 2. The van der Waals surface area contributed by atoms with Crippen molar-refractivity contribution in [1.29, 1.82) is 0 Å². The first-order valence-electron chi connectivity index (χ1n) is 26.6. The average Bonchev–Trinajstić information content (AvgIpc) is 3.68. The van der Waals surface area contributed by atoms with Crippen LogP contribution in [-0.4, -0.2) is 54.7 Å². The van der Waals surface area contributed by atoms with Gasteiger partial charge in [0.25, 0.3) is 0 Å². The zero-order valence-corrected chi connectivity index (χ0v) is 41.8. The molecule has 8 heteroatoms. The van der Waals surface area contributed by atoms with E-state index in [1.54, 1.807) is 0 Å². The number of carbonyl (C=O) groups excluding carboxylic acids is 2. The van der Waals surface area contributed by atoms with E-state index in [-0.39, 0.29) is 18.1 Å². The van der Waals surface area contributed by atoms with Crippen LogP contribution in [0.4, 0.5) is 4.79 Å². The third-order valence-electron chi connectivity index (χ3n) is 15.8. The number of rotatable bonds is 25. The number of aliphatic hydroxyl groups is 1. The molecule has 0 spiro atoms. The lowest BCUT2D eigenvalue weighted by Gasteiger charge is -2.50. The molecule has 4 aromatic rings. The largest absolute Gasteiger partial charge is 0.508 e. The predicted molar refractivity (Wildman–Crippen MR) is 276 cm³/mol. The number of fused-ring (bicyclic) bond motifs is 5. The molecular weight excluding hydrogens is 845 g/mol. The van der Waals surface area contributed by atoms with Crippen LogP contribution in [0.1, 0.15) is 182 Å². The van der Waals surface area contributed by atoms with Gasteiger partial charge in [-0.15, -0.1) is 0 Å². The second-order valence-electron chi connectivity index (χ2n) is 20.3. The third kappa shape index (κ3) is 14.2. The summed E-state index contributed by atoms with van der Waals surface area (Å²) in [5.74, 6) is 1.98. The minimum atomic E-state index is -0.920. The first kappa shape index (κ1) is 52.7. The van der Waals surface area contributed by atoms with Gasteiger partial charge in [0.1, 0.15) is 18.4 Å². The molecule has 4 N–H and O–H groups in total. The quantitative estimate of drug-likeness (QED) is 0.0297. The summed E-state index contributed by atoms with van der Waals surface area (Å²) in [5.41, 5.74) is 4.93. The lowest BCUT2D eigenvalue weighted by atomic mass is 9.55. The molecule has 3 aliphatic carbocycles. The molecule has 3 aliphatic rings. The number of phenolic OH excluding ortho intramolecular Hbond substituents is 1. The van der Waals surface area contributed by atoms with Crippen LogP contribution in [0.5, 0.6) is 5.75 Å². The topological polar surface area (TPSA) is 117 Å². The van der Waals surface area contributed by atoms with Gasteiger partial charge in [-0.2, -0.15) is 0 Å². The van der Waals surface area contributed by atoms with E-state index in [0.717, 1.165) is 54.7 Å². The molecule has 1 amide bonds. The first-order chi connectivity index (χ1) is 33.2. The van der Waals surface area contributed by atoms with Gasteiger partial charge in [-0.1, -0.05) is 207 Å². The number of methoxy groups -OCH3 is 1. The molecule has 1 unspecified atom stereocenters. The summed E-state index contributed by atoms with van der Waals surface area (Å²) in [6.07, 6.45) is 27.2. The Kier molecular flexibility index (Phi) is 21.3. The van der Waals surface area contributed by atoms with Crippen molar-refractivity contribution in [1.82, 2.24) is 10.6 Å². The van der Waals surface area contributed by atoms with Crippen molar-refractivity contribution in [3.05, 3.63) is 137 Å². The molecule has 0 heterocycles. The maximum Gasteiger partial charge on any atom is 0.407 e. The summed E-state index contributed by atoms with van der Waals surface area (Å²) in [6.45, 7) is 4.97. The molecule has 0 aliphatic heterocycles. The summed E-state index contributed by atoms with van der Waals surface area (Å²) < 4.78 is 10.8. The number of phenols is 1. The van der Waals surface area contributed by atoms with E-state index in [0.29, 0.717) is 24.1 Å². The molecule has 0 bridgehead atoms. The van der Waals surface area contributed by atoms with Crippen LogP contribution >= 0.6 is 0 Å². The van der Waals surface area contributed by atoms with Gasteiger partial charge in [-0.3, -0.25) is 10.1 Å². The lowest BCUT2D eigenvalue weighted by Crippen LogP contribution is -2.55. The van der Waals surface area contributed by atoms with Crippen LogP contribution in [0.15, 0.2) is 109 Å². The molecule has 8 nitrogen and oxygen atoms in total. The Bertz CT molecular complexity index is 1970. The average molecular weight is 929 g/mol. The van der Waals surface area contributed by atoms with Crippen LogP contribution in [-0.2, 0) is 26.2 Å². The smallest absolute Gasteiger partial charge is 0.407 e. The van der Waals surface area contributed by atoms with Gasteiger partial charge in [-0.25, -0.2) is 4.79 Å². The highest BCUT2D eigenvalue weighted by molar-refractivity contribution is 5.77. The third-order valence-corrected chi connectivity index (χ3v) is 15.8. The Hall–Kier alpha value is -4.66. The number of aryl methyl sites for hydroxylation is 1. The second-order valence-corrected chi connectivity index (χ2v) is 20.3. The Morgan fingerprint density at radius 3 is 1.72 bits per heavy atom. The van der Waals surface area contributed by atoms with Gasteiger partial charge in [0.2, 0.25) is 0 Å². The summed E-state index contributed by atoms with van der Waals surface area (Å²) >= 11 is 0. The standard InChI is InChI=1S/C42H60N2O4.C18H24O2/c1-3-4-5-6-7-8-9-10-11-12-13-14-15-16-17-27-34-43-41(46)48-35-39(40(45)47-2)44-42(36-28-21-18-22-29-36,37-30-23-19-24-31-37)38-32-25-20-26-33-38;1-18-9-8-14-13-5-3-12(19)10-11(13)2-4-15(14)16(18)6-7-17(18)20/h18-26,28-33,39,44H,3-17,27,34-35H2,1-2H3,(H,43,46);3,5,10,14-17,19-20H,2,4,6-9H2,1H3/t;14-,15-,16+,17+,18+/m.1/s1. The minimum absolute atomic E-state index is 0.0883. The highest BCUT2D eigenvalue weighted by atomic mass is 16.6. The highest BCUT2D eigenvalue weighted by Gasteiger charge is 2.54. The number of alkyl carbamates (subject to hydrolysis) is 1. The molecule has 4 aromatic carbocycles. The second kappa shape index (κ2) is 27.5. The van der Waals surface area contributed by atoms with E-state index >= 15 is 0 Å². The van der Waals surface area contributed by atoms with E-state index in [1.165, 1.54) is 127 Å². The zero-order valence-electron chi connectivity index (χ0n) is 41.8. The first-order valence-corrected chi connectivity index (χ1v) is 26.6. The molecule has 370 valence electrons. The molecule has 0 radical (unpaired) electrons. The fourth-order valence-corrected chi connectivity index (χ4v) is 12.0. The number of hydrogen-bond donors (Lipinski definition) is 4. The van der Waals surface area contributed by atoms with E-state index in [2.05, 4.69) is 30.5 Å². The van der Waals surface area contributed by atoms with Crippen molar-refractivity contribution < 1.29 is 29.3 Å². The van der Waals surface area contributed by atoms with Crippen LogP contribution in [0.3, 0.4) is 0 Å². The SMILES string of the molecule is CCCCCCCCCCCCCCCCCCNC(=O)OCC(NC(c1ccccc1)(c1ccccc1)c1ccccc1)C(=O)OC.C[C@]12CC[C@@H]3c4ccc(O)cc4CC[C@H]3[C@@H]1CC[C@@H]2O. The maximum absolute atomic E-state index is 13.1. The van der Waals surface area contributed by atoms with Crippen LogP contribution in [0.25, 0.3) is 0 Å². The predicted octanol–water partition coefficient (Wildman–Crippen LogP) is 13.7. The van der Waals surface area contributed by atoms with Gasteiger partial charge < -0.3 is 25.0 Å². The number of benzene rings is 4. The molecule has 0 aromatic heterocycles. The van der Waals surface area contributed by atoms with Crippen molar-refractivity contribution in [2.75, 3.05) is 20.3 Å². The lowest BCUT2D eigenvalue weighted by molar-refractivity contribution is -0.144. The Morgan fingerprint density at radius 2 is 1.21 bits per heavy atom. The van der Waals surface area contributed by atoms with E-state index in [4.69, 9.17) is 9.47 Å². The zero-order chi connectivity index (χ0) is 48.0. The highest BCUT2D eigenvalue weighted by Crippen LogP contribution is 2.61. The molecule has 2 saturated carbocycles. The summed E-state index contributed by atoms with van der Waals surface area (Å²) in [5, 5.41) is 26.5. The number of nitrogens with one attached hydrogen (secondary N) is 2. The molecule has 68 heavy (non-hydrogen) atoms. The van der Waals surface area contributed by atoms with Gasteiger partial charge in [-0.05, 0) is 108 Å². The van der Waals surface area contributed by atoms with Crippen molar-refractivity contribution in [2.24, 2.45) is 17.3 Å². The molecule has 6 atom stereocenters. The van der Waals surface area contributed by atoms with Crippen LogP contribution in [0.2, 0.25) is 0 Å². The molecule has 2 fully saturated rings. The maximum atomic E-state index is 13.1.